The Morgan fingerprint density at radius 1 is 1.07 bits per heavy atom. The molecule has 1 spiro atoms. The van der Waals surface area contributed by atoms with E-state index in [0.29, 0.717) is 5.41 Å². The fraction of sp³-hybridized carbons (Fsp3) is 0.619. The van der Waals surface area contributed by atoms with Crippen LogP contribution in [0.2, 0.25) is 0 Å². The summed E-state index contributed by atoms with van der Waals surface area (Å²) in [5, 5.41) is 4.69. The number of amides is 2. The van der Waals surface area contributed by atoms with Gasteiger partial charge in [0.15, 0.2) is 17.5 Å². The SMILES string of the molecule is C[C@H](C(=O)NCC(=O)Nc1ccc(F)c(F)c1F)N1CCC2(CCCCCC2)C1. The van der Waals surface area contributed by atoms with Gasteiger partial charge in [-0.3, -0.25) is 14.5 Å². The lowest BCUT2D eigenvalue weighted by Crippen LogP contribution is -2.46. The monoisotopic (exact) mass is 411 g/mol. The third kappa shape index (κ3) is 5.10. The Bertz CT molecular complexity index is 764. The van der Waals surface area contributed by atoms with Gasteiger partial charge < -0.3 is 10.6 Å². The first-order valence-corrected chi connectivity index (χ1v) is 10.3. The van der Waals surface area contributed by atoms with Crippen molar-refractivity contribution in [1.82, 2.24) is 10.2 Å². The summed E-state index contributed by atoms with van der Waals surface area (Å²) in [5.74, 6) is -5.45. The van der Waals surface area contributed by atoms with Crippen LogP contribution in [0.25, 0.3) is 0 Å². The van der Waals surface area contributed by atoms with E-state index in [2.05, 4.69) is 15.5 Å². The topological polar surface area (TPSA) is 61.4 Å². The standard InChI is InChI=1S/C21H28F3N3O2/c1-14(27-11-10-21(13-27)8-4-2-3-5-9-21)20(29)25-12-17(28)26-16-7-6-15(22)18(23)19(16)24/h6-7,14H,2-5,8-13H2,1H3,(H,25,29)(H,26,28)/t14-/m1/s1. The zero-order valence-corrected chi connectivity index (χ0v) is 16.7. The lowest BCUT2D eigenvalue weighted by molar-refractivity contribution is -0.127. The molecule has 2 fully saturated rings. The highest BCUT2D eigenvalue weighted by Gasteiger charge is 2.40. The normalized spacial score (nSPS) is 20.3. The number of benzene rings is 1. The van der Waals surface area contributed by atoms with Gasteiger partial charge in [0.05, 0.1) is 18.3 Å². The van der Waals surface area contributed by atoms with Gasteiger partial charge in [-0.05, 0) is 50.3 Å². The summed E-state index contributed by atoms with van der Waals surface area (Å²) in [7, 11) is 0. The molecular formula is C21H28F3N3O2. The molecule has 2 amide bonds. The summed E-state index contributed by atoms with van der Waals surface area (Å²) in [6.45, 7) is 3.20. The summed E-state index contributed by atoms with van der Waals surface area (Å²) in [5.41, 5.74) is -0.155. The maximum atomic E-state index is 13.6. The minimum Gasteiger partial charge on any atom is -0.346 e. The molecule has 1 aromatic carbocycles. The van der Waals surface area contributed by atoms with E-state index in [9.17, 15) is 22.8 Å². The van der Waals surface area contributed by atoms with Crippen LogP contribution < -0.4 is 10.6 Å². The first-order chi connectivity index (χ1) is 13.8. The van der Waals surface area contributed by atoms with Crippen molar-refractivity contribution in [2.24, 2.45) is 5.41 Å². The first-order valence-electron chi connectivity index (χ1n) is 10.3. The molecule has 5 nitrogen and oxygen atoms in total. The molecule has 29 heavy (non-hydrogen) atoms. The molecule has 0 bridgehead atoms. The summed E-state index contributed by atoms with van der Waals surface area (Å²) in [6, 6.07) is 1.29. The van der Waals surface area contributed by atoms with Crippen molar-refractivity contribution in [3.05, 3.63) is 29.6 Å². The number of hydrogen-bond acceptors (Lipinski definition) is 3. The van der Waals surface area contributed by atoms with Crippen LogP contribution in [0.5, 0.6) is 0 Å². The summed E-state index contributed by atoms with van der Waals surface area (Å²) in [4.78, 5) is 26.6. The Balaban J connectivity index is 1.49. The number of halogens is 3. The Hall–Kier alpha value is -2.09. The van der Waals surface area contributed by atoms with Gasteiger partial charge in [-0.1, -0.05) is 25.7 Å². The van der Waals surface area contributed by atoms with Crippen molar-refractivity contribution in [2.45, 2.75) is 57.9 Å². The van der Waals surface area contributed by atoms with Gasteiger partial charge in [0.25, 0.3) is 0 Å². The second kappa shape index (κ2) is 9.15. The van der Waals surface area contributed by atoms with Gasteiger partial charge in [-0.2, -0.15) is 0 Å². The maximum Gasteiger partial charge on any atom is 0.243 e. The molecule has 1 atom stereocenters. The Labute approximate surface area is 169 Å². The molecular weight excluding hydrogens is 383 g/mol. The Kier molecular flexibility index (Phi) is 6.82. The number of nitrogens with zero attached hydrogens (tertiary/aromatic N) is 1. The van der Waals surface area contributed by atoms with E-state index >= 15 is 0 Å². The van der Waals surface area contributed by atoms with E-state index in [0.717, 1.165) is 31.6 Å². The number of hydrogen-bond donors (Lipinski definition) is 2. The predicted molar refractivity (Wildman–Crippen MR) is 104 cm³/mol. The second-order valence-corrected chi connectivity index (χ2v) is 8.30. The zero-order valence-electron chi connectivity index (χ0n) is 16.7. The van der Waals surface area contributed by atoms with Crippen molar-refractivity contribution < 1.29 is 22.8 Å². The highest BCUT2D eigenvalue weighted by molar-refractivity contribution is 5.95. The third-order valence-corrected chi connectivity index (χ3v) is 6.29. The van der Waals surface area contributed by atoms with Crippen LogP contribution in [0.1, 0.15) is 51.9 Å². The molecule has 8 heteroatoms. The largest absolute Gasteiger partial charge is 0.346 e. The van der Waals surface area contributed by atoms with Gasteiger partial charge in [-0.15, -0.1) is 0 Å². The van der Waals surface area contributed by atoms with Crippen LogP contribution in [0.3, 0.4) is 0 Å². The van der Waals surface area contributed by atoms with Gasteiger partial charge in [0.1, 0.15) is 0 Å². The number of likely N-dealkylation sites (tertiary alicyclic amines) is 1. The van der Waals surface area contributed by atoms with Crippen LogP contribution in [-0.4, -0.2) is 42.4 Å². The molecule has 160 valence electrons. The fourth-order valence-electron chi connectivity index (χ4n) is 4.48. The molecule has 2 N–H and O–H groups in total. The number of nitrogens with one attached hydrogen (secondary N) is 2. The molecule has 1 heterocycles. The van der Waals surface area contributed by atoms with E-state index in [1.807, 2.05) is 6.92 Å². The van der Waals surface area contributed by atoms with Gasteiger partial charge in [0.2, 0.25) is 11.8 Å². The number of rotatable bonds is 5. The maximum absolute atomic E-state index is 13.6. The average molecular weight is 411 g/mol. The lowest BCUT2D eigenvalue weighted by atomic mass is 9.80. The summed E-state index contributed by atoms with van der Waals surface area (Å²) >= 11 is 0. The molecule has 1 saturated carbocycles. The summed E-state index contributed by atoms with van der Waals surface area (Å²) in [6.07, 6.45) is 8.57. The van der Waals surface area contributed by atoms with Crippen LogP contribution in [-0.2, 0) is 9.59 Å². The molecule has 0 aromatic heterocycles. The Morgan fingerprint density at radius 3 is 2.45 bits per heavy atom. The Morgan fingerprint density at radius 2 is 1.76 bits per heavy atom. The molecule has 1 saturated heterocycles. The number of anilines is 1. The van der Waals surface area contributed by atoms with E-state index in [1.165, 1.54) is 38.5 Å². The molecule has 0 radical (unpaired) electrons. The van der Waals surface area contributed by atoms with Crippen molar-refractivity contribution in [2.75, 3.05) is 25.0 Å². The lowest BCUT2D eigenvalue weighted by Gasteiger charge is -2.30. The smallest absolute Gasteiger partial charge is 0.243 e. The van der Waals surface area contributed by atoms with Gasteiger partial charge in [-0.25, -0.2) is 13.2 Å². The fourth-order valence-corrected chi connectivity index (χ4v) is 4.48. The second-order valence-electron chi connectivity index (χ2n) is 8.30. The summed E-state index contributed by atoms with van der Waals surface area (Å²) < 4.78 is 39.8. The van der Waals surface area contributed by atoms with Crippen molar-refractivity contribution in [3.8, 4) is 0 Å². The van der Waals surface area contributed by atoms with Crippen molar-refractivity contribution >= 4 is 17.5 Å². The van der Waals surface area contributed by atoms with Crippen molar-refractivity contribution in [1.29, 1.82) is 0 Å². The number of carbonyl (C=O) groups excluding carboxylic acids is 2. The molecule has 3 rings (SSSR count). The van der Waals surface area contributed by atoms with Crippen LogP contribution in [0.15, 0.2) is 12.1 Å². The third-order valence-electron chi connectivity index (χ3n) is 6.29. The predicted octanol–water partition coefficient (Wildman–Crippen LogP) is 3.59. The minimum absolute atomic E-state index is 0.281. The van der Waals surface area contributed by atoms with Crippen molar-refractivity contribution in [3.63, 3.8) is 0 Å². The van der Waals surface area contributed by atoms with Crippen LogP contribution in [0, 0.1) is 22.9 Å². The molecule has 0 unspecified atom stereocenters. The number of carbonyl (C=O) groups is 2. The van der Waals surface area contributed by atoms with E-state index < -0.39 is 29.0 Å². The molecule has 1 aliphatic carbocycles. The molecule has 2 aliphatic rings. The minimum atomic E-state index is -1.65. The van der Waals surface area contributed by atoms with Gasteiger partial charge >= 0.3 is 0 Å². The van der Waals surface area contributed by atoms with Gasteiger partial charge in [0, 0.05) is 6.54 Å². The van der Waals surface area contributed by atoms with E-state index in [-0.39, 0.29) is 18.5 Å². The van der Waals surface area contributed by atoms with E-state index in [4.69, 9.17) is 0 Å². The average Bonchev–Trinajstić information content (AvgIpc) is 2.98. The van der Waals surface area contributed by atoms with E-state index in [1.54, 1.807) is 0 Å². The quantitative estimate of drug-likeness (QED) is 0.728. The molecule has 1 aromatic rings. The highest BCUT2D eigenvalue weighted by Crippen LogP contribution is 2.43. The molecule has 1 aliphatic heterocycles. The van der Waals surface area contributed by atoms with Crippen LogP contribution in [0.4, 0.5) is 18.9 Å². The first kappa shape index (κ1) is 21.6. The van der Waals surface area contributed by atoms with Crippen LogP contribution >= 0.6 is 0 Å². The zero-order chi connectivity index (χ0) is 21.0. The highest BCUT2D eigenvalue weighted by atomic mass is 19.2.